The number of benzene rings is 1. The first-order valence-corrected chi connectivity index (χ1v) is 4.90. The molecule has 0 spiro atoms. The molecule has 1 aliphatic heterocycles. The molecule has 0 N–H and O–H groups in total. The molecule has 0 saturated heterocycles. The van der Waals surface area contributed by atoms with Crippen molar-refractivity contribution in [2.75, 3.05) is 6.79 Å². The minimum atomic E-state index is -0.226. The predicted molar refractivity (Wildman–Crippen MR) is 53.1 cm³/mol. The quantitative estimate of drug-likeness (QED) is 0.563. The molecule has 0 saturated carbocycles. The van der Waals surface area contributed by atoms with Crippen LogP contribution in [0.5, 0.6) is 17.2 Å². The number of rotatable bonds is 3. The molecule has 4 heteroatoms. The molecule has 1 heterocycles. The molecule has 0 unspecified atom stereocenters. The summed E-state index contributed by atoms with van der Waals surface area (Å²) < 4.78 is 15.4. The van der Waals surface area contributed by atoms with Crippen molar-refractivity contribution in [2.24, 2.45) is 0 Å². The lowest BCUT2D eigenvalue weighted by Crippen LogP contribution is -2.06. The van der Waals surface area contributed by atoms with Gasteiger partial charge >= 0.3 is 5.97 Å². The third-order valence-electron chi connectivity index (χ3n) is 2.03. The maximum atomic E-state index is 11.2. The summed E-state index contributed by atoms with van der Waals surface area (Å²) in [5.41, 5.74) is 0. The maximum Gasteiger partial charge on any atom is 0.311 e. The smallest absolute Gasteiger partial charge is 0.311 e. The zero-order valence-electron chi connectivity index (χ0n) is 8.49. The lowest BCUT2D eigenvalue weighted by molar-refractivity contribution is -0.134. The summed E-state index contributed by atoms with van der Waals surface area (Å²) in [7, 11) is 0. The molecule has 1 aromatic carbocycles. The topological polar surface area (TPSA) is 44.8 Å². The molecule has 0 aromatic heterocycles. The highest BCUT2D eigenvalue weighted by molar-refractivity contribution is 5.72. The highest BCUT2D eigenvalue weighted by Crippen LogP contribution is 2.35. The van der Waals surface area contributed by atoms with Gasteiger partial charge in [-0.2, -0.15) is 0 Å². The van der Waals surface area contributed by atoms with Gasteiger partial charge in [-0.05, 0) is 18.6 Å². The van der Waals surface area contributed by atoms with Gasteiger partial charge in [0.25, 0.3) is 0 Å². The van der Waals surface area contributed by atoms with Gasteiger partial charge in [-0.25, -0.2) is 0 Å². The highest BCUT2D eigenvalue weighted by Gasteiger charge is 2.14. The molecule has 0 amide bonds. The summed E-state index contributed by atoms with van der Waals surface area (Å²) in [6.45, 7) is 2.16. The number of carbonyl (C=O) groups is 1. The van der Waals surface area contributed by atoms with Crippen molar-refractivity contribution < 1.29 is 19.0 Å². The van der Waals surface area contributed by atoms with E-state index < -0.39 is 0 Å². The second-order valence-electron chi connectivity index (χ2n) is 3.24. The van der Waals surface area contributed by atoms with Crippen molar-refractivity contribution in [2.45, 2.75) is 19.8 Å². The van der Waals surface area contributed by atoms with Crippen LogP contribution < -0.4 is 14.2 Å². The van der Waals surface area contributed by atoms with E-state index >= 15 is 0 Å². The van der Waals surface area contributed by atoms with Crippen LogP contribution in [0.25, 0.3) is 0 Å². The number of esters is 1. The Hall–Kier alpha value is -1.71. The largest absolute Gasteiger partial charge is 0.454 e. The molecule has 2 rings (SSSR count). The molecule has 0 aliphatic carbocycles. The second-order valence-corrected chi connectivity index (χ2v) is 3.24. The van der Waals surface area contributed by atoms with Crippen LogP contribution in [0.3, 0.4) is 0 Å². The van der Waals surface area contributed by atoms with Crippen LogP contribution in [0, 0.1) is 0 Å². The summed E-state index contributed by atoms with van der Waals surface area (Å²) in [6, 6.07) is 5.09. The van der Waals surface area contributed by atoms with Gasteiger partial charge in [0.2, 0.25) is 6.79 Å². The Bertz CT molecular complexity index is 373. The van der Waals surface area contributed by atoms with E-state index in [1.54, 1.807) is 18.2 Å². The predicted octanol–water partition coefficient (Wildman–Crippen LogP) is 2.12. The van der Waals surface area contributed by atoms with E-state index in [2.05, 4.69) is 0 Å². The Morgan fingerprint density at radius 2 is 2.20 bits per heavy atom. The van der Waals surface area contributed by atoms with Gasteiger partial charge in [-0.3, -0.25) is 4.79 Å². The summed E-state index contributed by atoms with van der Waals surface area (Å²) in [4.78, 5) is 11.2. The zero-order chi connectivity index (χ0) is 10.7. The van der Waals surface area contributed by atoms with E-state index in [0.29, 0.717) is 23.7 Å². The minimum Gasteiger partial charge on any atom is -0.454 e. The van der Waals surface area contributed by atoms with Crippen molar-refractivity contribution in [3.63, 3.8) is 0 Å². The Kier molecular flexibility index (Phi) is 2.76. The molecule has 80 valence electrons. The first-order chi connectivity index (χ1) is 7.29. The molecule has 0 radical (unpaired) electrons. The first-order valence-electron chi connectivity index (χ1n) is 4.90. The SMILES string of the molecule is CCCC(=O)Oc1ccc2c(c1)OCO2. The molecule has 4 nitrogen and oxygen atoms in total. The summed E-state index contributed by atoms with van der Waals surface area (Å²) >= 11 is 0. The van der Waals surface area contributed by atoms with Crippen LogP contribution >= 0.6 is 0 Å². The average Bonchev–Trinajstić information content (AvgIpc) is 2.65. The summed E-state index contributed by atoms with van der Waals surface area (Å²) in [6.07, 6.45) is 1.21. The van der Waals surface area contributed by atoms with E-state index in [1.807, 2.05) is 6.92 Å². The van der Waals surface area contributed by atoms with Gasteiger partial charge in [-0.15, -0.1) is 0 Å². The Morgan fingerprint density at radius 3 is 3.00 bits per heavy atom. The van der Waals surface area contributed by atoms with E-state index in [9.17, 15) is 4.79 Å². The fraction of sp³-hybridized carbons (Fsp3) is 0.364. The fourth-order valence-corrected chi connectivity index (χ4v) is 1.33. The van der Waals surface area contributed by atoms with Crippen LogP contribution in [0.2, 0.25) is 0 Å². The van der Waals surface area contributed by atoms with Crippen molar-refractivity contribution in [1.29, 1.82) is 0 Å². The second kappa shape index (κ2) is 4.21. The summed E-state index contributed by atoms with van der Waals surface area (Å²) in [5.74, 6) is 1.58. The minimum absolute atomic E-state index is 0.224. The monoisotopic (exact) mass is 208 g/mol. The van der Waals surface area contributed by atoms with Crippen LogP contribution in [0.4, 0.5) is 0 Å². The van der Waals surface area contributed by atoms with Crippen LogP contribution in [-0.2, 0) is 4.79 Å². The molecular formula is C11H12O4. The van der Waals surface area contributed by atoms with E-state index in [1.165, 1.54) is 0 Å². The fourth-order valence-electron chi connectivity index (χ4n) is 1.33. The third-order valence-corrected chi connectivity index (χ3v) is 2.03. The van der Waals surface area contributed by atoms with Gasteiger partial charge in [-0.1, -0.05) is 6.92 Å². The number of hydrogen-bond acceptors (Lipinski definition) is 4. The Morgan fingerprint density at radius 1 is 1.40 bits per heavy atom. The van der Waals surface area contributed by atoms with E-state index in [-0.39, 0.29) is 12.8 Å². The van der Waals surface area contributed by atoms with Crippen LogP contribution in [-0.4, -0.2) is 12.8 Å². The number of ether oxygens (including phenoxy) is 3. The average molecular weight is 208 g/mol. The molecule has 1 aliphatic rings. The first kappa shape index (κ1) is 9.83. The van der Waals surface area contributed by atoms with Crippen molar-refractivity contribution in [3.8, 4) is 17.2 Å². The van der Waals surface area contributed by atoms with Crippen LogP contribution in [0.1, 0.15) is 19.8 Å². The number of carbonyl (C=O) groups excluding carboxylic acids is 1. The summed E-state index contributed by atoms with van der Waals surface area (Å²) in [5, 5.41) is 0. The Balaban J connectivity index is 2.06. The molecule has 0 bridgehead atoms. The molecule has 1 aromatic rings. The van der Waals surface area contributed by atoms with Gasteiger partial charge < -0.3 is 14.2 Å². The lowest BCUT2D eigenvalue weighted by Gasteiger charge is -2.03. The Labute approximate surface area is 87.8 Å². The zero-order valence-corrected chi connectivity index (χ0v) is 8.49. The number of fused-ring (bicyclic) bond motifs is 1. The lowest BCUT2D eigenvalue weighted by atomic mass is 10.3. The van der Waals surface area contributed by atoms with E-state index in [0.717, 1.165) is 6.42 Å². The van der Waals surface area contributed by atoms with Crippen molar-refractivity contribution >= 4 is 5.97 Å². The highest BCUT2D eigenvalue weighted by atomic mass is 16.7. The van der Waals surface area contributed by atoms with Gasteiger partial charge in [0.15, 0.2) is 11.5 Å². The molecule has 15 heavy (non-hydrogen) atoms. The number of hydrogen-bond donors (Lipinski definition) is 0. The van der Waals surface area contributed by atoms with E-state index in [4.69, 9.17) is 14.2 Å². The van der Waals surface area contributed by atoms with Crippen LogP contribution in [0.15, 0.2) is 18.2 Å². The van der Waals surface area contributed by atoms with Gasteiger partial charge in [0.05, 0.1) is 0 Å². The standard InChI is InChI=1S/C11H12O4/c1-2-3-11(12)15-8-4-5-9-10(6-8)14-7-13-9/h4-6H,2-3,7H2,1H3. The van der Waals surface area contributed by atoms with Gasteiger partial charge in [0, 0.05) is 12.5 Å². The molecule has 0 fully saturated rings. The normalized spacial score (nSPS) is 12.6. The van der Waals surface area contributed by atoms with Crippen molar-refractivity contribution in [3.05, 3.63) is 18.2 Å². The van der Waals surface area contributed by atoms with Gasteiger partial charge in [0.1, 0.15) is 5.75 Å². The third kappa shape index (κ3) is 2.21. The molecular weight excluding hydrogens is 196 g/mol. The molecule has 0 atom stereocenters. The van der Waals surface area contributed by atoms with Crippen molar-refractivity contribution in [1.82, 2.24) is 0 Å². The maximum absolute atomic E-state index is 11.2.